The summed E-state index contributed by atoms with van der Waals surface area (Å²) in [4.78, 5) is 46.0. The van der Waals surface area contributed by atoms with Crippen LogP contribution in [0.4, 0.5) is 5.69 Å². The molecule has 0 bridgehead atoms. The first-order valence-electron chi connectivity index (χ1n) is 9.25. The average Bonchev–Trinajstić information content (AvgIpc) is 3.24. The van der Waals surface area contributed by atoms with Crippen LogP contribution in [0, 0.1) is 10.1 Å². The van der Waals surface area contributed by atoms with E-state index in [1.165, 1.54) is 40.1 Å². The van der Waals surface area contributed by atoms with Gasteiger partial charge in [0.1, 0.15) is 10.5 Å². The molecule has 1 N–H and O–H groups in total. The second-order valence-corrected chi connectivity index (χ2v) is 9.27. The maximum absolute atomic E-state index is 13.2. The highest BCUT2D eigenvalue weighted by atomic mass is 35.5. The third-order valence-electron chi connectivity index (χ3n) is 4.54. The molecular weight excluding hydrogens is 472 g/mol. The highest BCUT2D eigenvalue weighted by Gasteiger charge is 2.21. The number of thiophene rings is 1. The largest absolute Gasteiger partial charge is 0.334 e. The fraction of sp³-hybridized carbons (Fsp3) is 0.0952. The van der Waals surface area contributed by atoms with Crippen molar-refractivity contribution in [3.05, 3.63) is 90.8 Å². The predicted molar refractivity (Wildman–Crippen MR) is 125 cm³/mol. The van der Waals surface area contributed by atoms with Gasteiger partial charge in [-0.3, -0.25) is 19.7 Å². The summed E-state index contributed by atoms with van der Waals surface area (Å²) in [5, 5.41) is 13.6. The number of non-ortho nitro benzene ring substituents is 1. The predicted octanol–water partition coefficient (Wildman–Crippen LogP) is 4.97. The number of hydrogen-bond donors (Lipinski definition) is 1. The lowest BCUT2D eigenvalue weighted by Gasteiger charge is -2.18. The van der Waals surface area contributed by atoms with Crippen LogP contribution in [0.2, 0.25) is 5.02 Å². The standard InChI is InChI=1S/C21H15ClN4O4S2/c1-25(11-18-23-16-8-9-31-19(16)20(27)24-18)21(28)15-10-13(26(29)30)4-7-17(15)32-14-5-2-12(22)3-6-14/h2-10H,11H2,1H3,(H,23,24,27). The molecule has 0 spiro atoms. The van der Waals surface area contributed by atoms with Gasteiger partial charge in [-0.25, -0.2) is 4.98 Å². The van der Waals surface area contributed by atoms with Gasteiger partial charge in [-0.05, 0) is 41.8 Å². The van der Waals surface area contributed by atoms with Crippen molar-refractivity contribution in [3.8, 4) is 0 Å². The number of halogens is 1. The zero-order valence-corrected chi connectivity index (χ0v) is 19.0. The molecule has 4 aromatic rings. The minimum Gasteiger partial charge on any atom is -0.334 e. The number of fused-ring (bicyclic) bond motifs is 1. The molecule has 0 saturated heterocycles. The fourth-order valence-corrected chi connectivity index (χ4v) is 4.79. The lowest BCUT2D eigenvalue weighted by molar-refractivity contribution is -0.384. The van der Waals surface area contributed by atoms with Gasteiger partial charge in [-0.15, -0.1) is 11.3 Å². The minimum absolute atomic E-state index is 0.0353. The van der Waals surface area contributed by atoms with Crippen LogP contribution >= 0.6 is 34.7 Å². The zero-order chi connectivity index (χ0) is 22.8. The molecule has 0 aliphatic carbocycles. The maximum Gasteiger partial charge on any atom is 0.270 e. The van der Waals surface area contributed by atoms with Gasteiger partial charge in [0.25, 0.3) is 17.2 Å². The Balaban J connectivity index is 1.65. The Morgan fingerprint density at radius 2 is 2.00 bits per heavy atom. The molecule has 2 heterocycles. The second kappa shape index (κ2) is 9.11. The fourth-order valence-electron chi connectivity index (χ4n) is 3.02. The van der Waals surface area contributed by atoms with E-state index in [0.717, 1.165) is 4.90 Å². The lowest BCUT2D eigenvalue weighted by atomic mass is 10.1. The number of amides is 1. The van der Waals surface area contributed by atoms with Crippen molar-refractivity contribution in [2.24, 2.45) is 0 Å². The van der Waals surface area contributed by atoms with Crippen LogP contribution in [0.5, 0.6) is 0 Å². The maximum atomic E-state index is 13.2. The topological polar surface area (TPSA) is 109 Å². The first-order chi connectivity index (χ1) is 15.3. The first kappa shape index (κ1) is 22.0. The second-order valence-electron chi connectivity index (χ2n) is 6.80. The van der Waals surface area contributed by atoms with E-state index in [4.69, 9.17) is 11.6 Å². The number of H-pyrrole nitrogens is 1. The average molecular weight is 487 g/mol. The third kappa shape index (κ3) is 4.67. The molecule has 0 saturated carbocycles. The molecule has 32 heavy (non-hydrogen) atoms. The van der Waals surface area contributed by atoms with Gasteiger partial charge in [0.2, 0.25) is 0 Å². The van der Waals surface area contributed by atoms with E-state index >= 15 is 0 Å². The number of hydrogen-bond acceptors (Lipinski definition) is 7. The Bertz CT molecular complexity index is 1380. The molecule has 1 amide bonds. The first-order valence-corrected chi connectivity index (χ1v) is 11.3. The monoisotopic (exact) mass is 486 g/mol. The van der Waals surface area contributed by atoms with Crippen molar-refractivity contribution in [2.75, 3.05) is 7.05 Å². The van der Waals surface area contributed by atoms with Crippen molar-refractivity contribution in [1.82, 2.24) is 14.9 Å². The van der Waals surface area contributed by atoms with Crippen LogP contribution in [0.1, 0.15) is 16.2 Å². The van der Waals surface area contributed by atoms with Crippen LogP contribution in [0.3, 0.4) is 0 Å². The highest BCUT2D eigenvalue weighted by molar-refractivity contribution is 7.99. The summed E-state index contributed by atoms with van der Waals surface area (Å²) in [7, 11) is 1.55. The Labute approximate surface area is 195 Å². The molecule has 11 heteroatoms. The van der Waals surface area contributed by atoms with E-state index in [-0.39, 0.29) is 23.4 Å². The Morgan fingerprint density at radius 3 is 2.72 bits per heavy atom. The Kier molecular flexibility index (Phi) is 6.26. The van der Waals surface area contributed by atoms with E-state index < -0.39 is 10.8 Å². The lowest BCUT2D eigenvalue weighted by Crippen LogP contribution is -2.28. The van der Waals surface area contributed by atoms with Gasteiger partial charge in [0, 0.05) is 34.0 Å². The van der Waals surface area contributed by atoms with E-state index in [2.05, 4.69) is 9.97 Å². The quantitative estimate of drug-likeness (QED) is 0.304. The molecule has 0 fully saturated rings. The van der Waals surface area contributed by atoms with Crippen LogP contribution in [-0.4, -0.2) is 32.7 Å². The molecule has 2 aromatic heterocycles. The molecule has 0 atom stereocenters. The van der Waals surface area contributed by atoms with Gasteiger partial charge in [0.15, 0.2) is 0 Å². The number of carbonyl (C=O) groups is 1. The van der Waals surface area contributed by atoms with Gasteiger partial charge >= 0.3 is 0 Å². The smallest absolute Gasteiger partial charge is 0.270 e. The van der Waals surface area contributed by atoms with Crippen molar-refractivity contribution in [2.45, 2.75) is 16.3 Å². The van der Waals surface area contributed by atoms with Crippen LogP contribution < -0.4 is 5.56 Å². The van der Waals surface area contributed by atoms with Crippen LogP contribution in [0.15, 0.2) is 68.5 Å². The Morgan fingerprint density at radius 1 is 1.25 bits per heavy atom. The van der Waals surface area contributed by atoms with Gasteiger partial charge < -0.3 is 9.88 Å². The summed E-state index contributed by atoms with van der Waals surface area (Å²) in [5.41, 5.74) is 0.285. The van der Waals surface area contributed by atoms with Gasteiger partial charge in [-0.1, -0.05) is 23.4 Å². The van der Waals surface area contributed by atoms with E-state index in [1.807, 2.05) is 0 Å². The summed E-state index contributed by atoms with van der Waals surface area (Å²) < 4.78 is 0.517. The number of benzene rings is 2. The van der Waals surface area contributed by atoms with Gasteiger partial charge in [-0.2, -0.15) is 0 Å². The molecule has 0 aliphatic rings. The summed E-state index contributed by atoms with van der Waals surface area (Å²) in [5.74, 6) is -0.104. The number of nitrogens with zero attached hydrogens (tertiary/aromatic N) is 3. The van der Waals surface area contributed by atoms with E-state index in [1.54, 1.807) is 48.8 Å². The van der Waals surface area contributed by atoms with Crippen molar-refractivity contribution in [3.63, 3.8) is 0 Å². The number of rotatable bonds is 6. The number of nitrogens with one attached hydrogen (secondary N) is 1. The summed E-state index contributed by atoms with van der Waals surface area (Å²) >= 11 is 8.53. The molecule has 2 aromatic carbocycles. The number of nitro groups is 1. The summed E-state index contributed by atoms with van der Waals surface area (Å²) in [6, 6.07) is 13.0. The van der Waals surface area contributed by atoms with Gasteiger partial charge in [0.05, 0.1) is 22.5 Å². The number of nitro benzene ring substituents is 1. The minimum atomic E-state index is -0.545. The van der Waals surface area contributed by atoms with Crippen molar-refractivity contribution in [1.29, 1.82) is 0 Å². The molecular formula is C21H15ClN4O4S2. The van der Waals surface area contributed by atoms with E-state index in [0.29, 0.717) is 26.0 Å². The molecule has 4 rings (SSSR count). The number of carbonyl (C=O) groups excluding carboxylic acids is 1. The number of aromatic nitrogens is 2. The third-order valence-corrected chi connectivity index (χ3v) is 6.78. The molecule has 0 aliphatic heterocycles. The van der Waals surface area contributed by atoms with Crippen LogP contribution in [0.25, 0.3) is 10.2 Å². The highest BCUT2D eigenvalue weighted by Crippen LogP contribution is 2.34. The summed E-state index contributed by atoms with van der Waals surface area (Å²) in [6.07, 6.45) is 0. The molecule has 0 unspecified atom stereocenters. The van der Waals surface area contributed by atoms with Crippen molar-refractivity contribution >= 4 is 56.5 Å². The normalized spacial score (nSPS) is 10.9. The van der Waals surface area contributed by atoms with E-state index in [9.17, 15) is 19.7 Å². The van der Waals surface area contributed by atoms with Crippen molar-refractivity contribution < 1.29 is 9.72 Å². The Hall–Kier alpha value is -3.21. The summed E-state index contributed by atoms with van der Waals surface area (Å²) in [6.45, 7) is 0.0353. The molecule has 8 nitrogen and oxygen atoms in total. The molecule has 0 radical (unpaired) electrons. The molecule has 162 valence electrons. The number of aromatic amines is 1. The zero-order valence-electron chi connectivity index (χ0n) is 16.6. The SMILES string of the molecule is CN(Cc1nc2ccsc2c(=O)[nH]1)C(=O)c1cc([N+](=O)[O-])ccc1Sc1ccc(Cl)cc1. The van der Waals surface area contributed by atoms with Crippen LogP contribution in [-0.2, 0) is 6.54 Å².